The van der Waals surface area contributed by atoms with Gasteiger partial charge in [-0.1, -0.05) is 29.3 Å². The minimum atomic E-state index is -3.70. The Balaban J connectivity index is 1.73. The second-order valence-electron chi connectivity index (χ2n) is 6.11. The molecule has 0 bridgehead atoms. The molecule has 2 aromatic rings. The number of anilines is 1. The lowest BCUT2D eigenvalue weighted by molar-refractivity contribution is -0.119. The molecule has 28 heavy (non-hydrogen) atoms. The molecule has 0 aromatic heterocycles. The third-order valence-corrected chi connectivity index (χ3v) is 5.72. The fourth-order valence-corrected chi connectivity index (χ4v) is 3.96. The zero-order valence-corrected chi connectivity index (χ0v) is 17.3. The number of carbonyl (C=O) groups is 1. The second-order valence-corrected chi connectivity index (χ2v) is 8.86. The quantitative estimate of drug-likeness (QED) is 0.740. The van der Waals surface area contributed by atoms with Crippen LogP contribution in [0.15, 0.2) is 36.4 Å². The summed E-state index contributed by atoms with van der Waals surface area (Å²) in [5, 5.41) is 3.57. The van der Waals surface area contributed by atoms with E-state index in [1.807, 2.05) is 0 Å². The van der Waals surface area contributed by atoms with Gasteiger partial charge in [-0.2, -0.15) is 0 Å². The Morgan fingerprint density at radius 2 is 1.82 bits per heavy atom. The van der Waals surface area contributed by atoms with Crippen LogP contribution in [0.4, 0.5) is 5.69 Å². The molecule has 1 aliphatic rings. The molecule has 1 aliphatic heterocycles. The van der Waals surface area contributed by atoms with Gasteiger partial charge < -0.3 is 14.8 Å². The summed E-state index contributed by atoms with van der Waals surface area (Å²) in [7, 11) is -3.70. The van der Waals surface area contributed by atoms with Crippen molar-refractivity contribution in [1.29, 1.82) is 0 Å². The Bertz CT molecular complexity index is 997. The molecule has 1 heterocycles. The number of fused-ring (bicyclic) bond motifs is 1. The number of benzene rings is 2. The molecule has 10 heteroatoms. The Hall–Kier alpha value is -2.16. The highest BCUT2D eigenvalue weighted by Gasteiger charge is 2.23. The first-order chi connectivity index (χ1) is 13.2. The van der Waals surface area contributed by atoms with Crippen molar-refractivity contribution in [2.45, 2.75) is 6.54 Å². The maximum atomic E-state index is 12.4. The van der Waals surface area contributed by atoms with E-state index in [0.29, 0.717) is 46.0 Å². The summed E-state index contributed by atoms with van der Waals surface area (Å²) in [6, 6.07) is 9.65. The van der Waals surface area contributed by atoms with Gasteiger partial charge in [-0.15, -0.1) is 0 Å². The van der Waals surface area contributed by atoms with Crippen molar-refractivity contribution in [1.82, 2.24) is 5.32 Å². The minimum Gasteiger partial charge on any atom is -0.486 e. The first kappa shape index (κ1) is 20.6. The van der Waals surface area contributed by atoms with Gasteiger partial charge in [0.25, 0.3) is 0 Å². The van der Waals surface area contributed by atoms with Crippen LogP contribution < -0.4 is 19.1 Å². The number of carbonyl (C=O) groups excluding carboxylic acids is 1. The van der Waals surface area contributed by atoms with Gasteiger partial charge in [0.05, 0.1) is 11.9 Å². The van der Waals surface area contributed by atoms with Crippen LogP contribution in [0, 0.1) is 0 Å². The molecule has 0 atom stereocenters. The third-order valence-electron chi connectivity index (χ3n) is 3.99. The highest BCUT2D eigenvalue weighted by atomic mass is 35.5. The van der Waals surface area contributed by atoms with Gasteiger partial charge in [-0.3, -0.25) is 9.10 Å². The predicted octanol–water partition coefficient (Wildman–Crippen LogP) is 2.85. The fraction of sp³-hybridized carbons (Fsp3) is 0.278. The molecule has 0 saturated carbocycles. The van der Waals surface area contributed by atoms with E-state index in [1.54, 1.807) is 36.4 Å². The van der Waals surface area contributed by atoms with Crippen LogP contribution in [0.5, 0.6) is 11.5 Å². The van der Waals surface area contributed by atoms with Crippen LogP contribution in [0.25, 0.3) is 0 Å². The second kappa shape index (κ2) is 8.46. The lowest BCUT2D eigenvalue weighted by atomic mass is 10.2. The van der Waals surface area contributed by atoms with E-state index < -0.39 is 15.9 Å². The number of rotatable bonds is 6. The Labute approximate surface area is 173 Å². The van der Waals surface area contributed by atoms with Gasteiger partial charge in [-0.05, 0) is 29.8 Å². The monoisotopic (exact) mass is 444 g/mol. The first-order valence-electron chi connectivity index (χ1n) is 8.32. The molecular weight excluding hydrogens is 427 g/mol. The van der Waals surface area contributed by atoms with Crippen LogP contribution in [0.1, 0.15) is 5.56 Å². The van der Waals surface area contributed by atoms with Crippen LogP contribution in [-0.2, 0) is 21.4 Å². The lowest BCUT2D eigenvalue weighted by Crippen LogP contribution is -2.40. The maximum Gasteiger partial charge on any atom is 0.241 e. The SMILES string of the molecule is CS(=O)(=O)N(CC(=O)NCc1ccc(Cl)cc1Cl)c1ccc2c(c1)OCCO2. The van der Waals surface area contributed by atoms with E-state index in [-0.39, 0.29) is 13.1 Å². The number of ether oxygens (including phenoxy) is 2. The summed E-state index contributed by atoms with van der Waals surface area (Å²) in [5.41, 5.74) is 0.982. The van der Waals surface area contributed by atoms with Gasteiger partial charge >= 0.3 is 0 Å². The molecule has 0 fully saturated rings. The Morgan fingerprint density at radius 1 is 1.11 bits per heavy atom. The molecule has 3 rings (SSSR count). The van der Waals surface area contributed by atoms with Crippen molar-refractivity contribution < 1.29 is 22.7 Å². The van der Waals surface area contributed by atoms with Gasteiger partial charge in [0, 0.05) is 22.7 Å². The van der Waals surface area contributed by atoms with Crippen molar-refractivity contribution in [3.8, 4) is 11.5 Å². The van der Waals surface area contributed by atoms with Gasteiger partial charge in [-0.25, -0.2) is 8.42 Å². The van der Waals surface area contributed by atoms with Gasteiger partial charge in [0.2, 0.25) is 15.9 Å². The molecule has 150 valence electrons. The molecule has 0 saturated heterocycles. The number of nitrogens with one attached hydrogen (secondary N) is 1. The molecule has 7 nitrogen and oxygen atoms in total. The third kappa shape index (κ3) is 5.01. The van der Waals surface area contributed by atoms with Crippen LogP contribution in [0.3, 0.4) is 0 Å². The summed E-state index contributed by atoms with van der Waals surface area (Å²) in [6.07, 6.45) is 1.03. The standard InChI is InChI=1S/C18H18Cl2N2O5S/c1-28(24,25)22(14-4-5-16-17(9-14)27-7-6-26-16)11-18(23)21-10-12-2-3-13(19)8-15(12)20/h2-5,8-9H,6-7,10-11H2,1H3,(H,21,23). The number of hydrogen-bond donors (Lipinski definition) is 1. The smallest absolute Gasteiger partial charge is 0.241 e. The van der Waals surface area contributed by atoms with Crippen molar-refractivity contribution >= 4 is 44.8 Å². The van der Waals surface area contributed by atoms with Crippen molar-refractivity contribution in [3.05, 3.63) is 52.0 Å². The lowest BCUT2D eigenvalue weighted by Gasteiger charge is -2.24. The molecule has 0 radical (unpaired) electrons. The fourth-order valence-electron chi connectivity index (χ4n) is 2.63. The molecule has 0 unspecified atom stereocenters. The number of hydrogen-bond acceptors (Lipinski definition) is 5. The van der Waals surface area contributed by atoms with Crippen LogP contribution in [-0.4, -0.2) is 40.3 Å². The summed E-state index contributed by atoms with van der Waals surface area (Å²) in [5.74, 6) is 0.488. The minimum absolute atomic E-state index is 0.146. The van der Waals surface area contributed by atoms with E-state index in [4.69, 9.17) is 32.7 Å². The van der Waals surface area contributed by atoms with Gasteiger partial charge in [0.15, 0.2) is 11.5 Å². The Morgan fingerprint density at radius 3 is 2.50 bits per heavy atom. The van der Waals surface area contributed by atoms with Crippen molar-refractivity contribution in [2.24, 2.45) is 0 Å². The van der Waals surface area contributed by atoms with Crippen LogP contribution in [0.2, 0.25) is 10.0 Å². The summed E-state index contributed by atoms with van der Waals surface area (Å²) >= 11 is 11.9. The highest BCUT2D eigenvalue weighted by molar-refractivity contribution is 7.92. The normalized spacial score (nSPS) is 13.1. The van der Waals surface area contributed by atoms with E-state index in [9.17, 15) is 13.2 Å². The highest BCUT2D eigenvalue weighted by Crippen LogP contribution is 2.34. The molecular formula is C18H18Cl2N2O5S. The summed E-state index contributed by atoms with van der Waals surface area (Å²) in [4.78, 5) is 12.4. The largest absolute Gasteiger partial charge is 0.486 e. The Kier molecular flexibility index (Phi) is 6.22. The van der Waals surface area contributed by atoms with E-state index in [1.165, 1.54) is 0 Å². The molecule has 0 spiro atoms. The first-order valence-corrected chi connectivity index (χ1v) is 10.9. The number of nitrogens with zero attached hydrogens (tertiary/aromatic N) is 1. The van der Waals surface area contributed by atoms with Crippen LogP contribution >= 0.6 is 23.2 Å². The zero-order chi connectivity index (χ0) is 20.3. The van der Waals surface area contributed by atoms with E-state index >= 15 is 0 Å². The van der Waals surface area contributed by atoms with E-state index in [2.05, 4.69) is 5.32 Å². The molecule has 0 aliphatic carbocycles. The van der Waals surface area contributed by atoms with Crippen molar-refractivity contribution in [3.63, 3.8) is 0 Å². The summed E-state index contributed by atoms with van der Waals surface area (Å²) < 4.78 is 36.4. The predicted molar refractivity (Wildman–Crippen MR) is 108 cm³/mol. The molecule has 2 aromatic carbocycles. The zero-order valence-electron chi connectivity index (χ0n) is 14.9. The average molecular weight is 445 g/mol. The number of halogens is 2. The summed E-state index contributed by atoms with van der Waals surface area (Å²) in [6.45, 7) is 0.562. The maximum absolute atomic E-state index is 12.4. The van der Waals surface area contributed by atoms with Gasteiger partial charge in [0.1, 0.15) is 19.8 Å². The molecule has 1 N–H and O–H groups in total. The topological polar surface area (TPSA) is 84.9 Å². The average Bonchev–Trinajstić information content (AvgIpc) is 2.64. The van der Waals surface area contributed by atoms with Crippen molar-refractivity contribution in [2.75, 3.05) is 30.3 Å². The number of amides is 1. The molecule has 1 amide bonds. The number of sulfonamides is 1. The van der Waals surface area contributed by atoms with E-state index in [0.717, 1.165) is 10.6 Å².